The first-order chi connectivity index (χ1) is 14.4. The normalized spacial score (nSPS) is 18.5. The van der Waals surface area contributed by atoms with Crippen LogP contribution in [0.2, 0.25) is 0 Å². The number of carbonyl (C=O) groups is 1. The number of halogens is 1. The summed E-state index contributed by atoms with van der Waals surface area (Å²) in [4.78, 5) is 15.1. The molecule has 1 amide bonds. The number of benzene rings is 1. The number of anilines is 2. The first kappa shape index (κ1) is 22.8. The summed E-state index contributed by atoms with van der Waals surface area (Å²) >= 11 is 0. The second-order valence-electron chi connectivity index (χ2n) is 7.75. The van der Waals surface area contributed by atoms with E-state index in [-0.39, 0.29) is 18.3 Å². The molecule has 0 aliphatic carbocycles. The van der Waals surface area contributed by atoms with Crippen LogP contribution in [0.25, 0.3) is 10.9 Å². The van der Waals surface area contributed by atoms with Crippen LogP contribution >= 0.6 is 12.4 Å². The van der Waals surface area contributed by atoms with Crippen LogP contribution in [0.15, 0.2) is 30.5 Å². The summed E-state index contributed by atoms with van der Waals surface area (Å²) < 4.78 is 7.39. The average Bonchev–Trinajstić information content (AvgIpc) is 3.06. The van der Waals surface area contributed by atoms with Crippen LogP contribution in [0.1, 0.15) is 31.1 Å². The number of piperazine rings is 1. The molecule has 0 saturated carbocycles. The van der Waals surface area contributed by atoms with Gasteiger partial charge >= 0.3 is 0 Å². The smallest absolute Gasteiger partial charge is 0.260 e. The molecule has 3 aromatic rings. The molecule has 2 N–H and O–H groups in total. The summed E-state index contributed by atoms with van der Waals surface area (Å²) in [5, 5.41) is 20.1. The van der Waals surface area contributed by atoms with Crippen molar-refractivity contribution >= 4 is 40.9 Å². The summed E-state index contributed by atoms with van der Waals surface area (Å²) in [6, 6.07) is 8.01. The molecule has 10 heteroatoms. The zero-order valence-electron chi connectivity index (χ0n) is 18.1. The van der Waals surface area contributed by atoms with Crippen molar-refractivity contribution in [3.63, 3.8) is 0 Å². The fraction of sp³-hybridized carbons (Fsp3) is 0.429. The number of ether oxygens (including phenoxy) is 1. The molecule has 9 nitrogen and oxygen atoms in total. The minimum absolute atomic E-state index is 0. The zero-order chi connectivity index (χ0) is 21.3. The second kappa shape index (κ2) is 9.49. The third-order valence-corrected chi connectivity index (χ3v) is 5.04. The molecule has 0 unspecified atom stereocenters. The molecule has 0 radical (unpaired) electrons. The van der Waals surface area contributed by atoms with Gasteiger partial charge in [0, 0.05) is 49.9 Å². The molecule has 3 heterocycles. The lowest BCUT2D eigenvalue weighted by Gasteiger charge is -2.36. The lowest BCUT2D eigenvalue weighted by Crippen LogP contribution is -2.54. The van der Waals surface area contributed by atoms with E-state index < -0.39 is 0 Å². The number of aryl methyl sites for hydroxylation is 1. The Hall–Kier alpha value is -2.91. The highest BCUT2D eigenvalue weighted by Gasteiger charge is 2.22. The van der Waals surface area contributed by atoms with E-state index in [0.717, 1.165) is 29.8 Å². The van der Waals surface area contributed by atoms with Crippen molar-refractivity contribution < 1.29 is 9.53 Å². The summed E-state index contributed by atoms with van der Waals surface area (Å²) in [7, 11) is 1.84. The number of nitrogens with one attached hydrogen (secondary N) is 2. The monoisotopic (exact) mass is 445 g/mol. The third-order valence-electron chi connectivity index (χ3n) is 5.04. The van der Waals surface area contributed by atoms with E-state index in [1.807, 2.05) is 26.2 Å². The molecular formula is C21H28ClN7O2. The van der Waals surface area contributed by atoms with Crippen LogP contribution in [0.4, 0.5) is 11.6 Å². The molecule has 1 aliphatic rings. The first-order valence-electron chi connectivity index (χ1n) is 10.2. The van der Waals surface area contributed by atoms with Gasteiger partial charge < -0.3 is 20.3 Å². The number of hydrogen-bond acceptors (Lipinski definition) is 7. The lowest BCUT2D eigenvalue weighted by molar-refractivity contribution is 0.102. The molecule has 0 spiro atoms. The molecule has 1 saturated heterocycles. The molecule has 4 rings (SSSR count). The Labute approximate surface area is 187 Å². The van der Waals surface area contributed by atoms with Crippen LogP contribution in [-0.4, -0.2) is 57.7 Å². The maximum absolute atomic E-state index is 12.9. The van der Waals surface area contributed by atoms with Crippen molar-refractivity contribution in [2.24, 2.45) is 7.05 Å². The Bertz CT molecular complexity index is 1040. The molecule has 2 aromatic heterocycles. The van der Waals surface area contributed by atoms with Gasteiger partial charge in [-0.3, -0.25) is 9.48 Å². The van der Waals surface area contributed by atoms with Crippen LogP contribution in [0, 0.1) is 0 Å². The topological polar surface area (TPSA) is 97.2 Å². The number of hydrogen-bond donors (Lipinski definition) is 2. The van der Waals surface area contributed by atoms with Gasteiger partial charge in [-0.1, -0.05) is 0 Å². The Kier molecular flexibility index (Phi) is 6.97. The maximum atomic E-state index is 12.9. The van der Waals surface area contributed by atoms with E-state index in [9.17, 15) is 4.79 Å². The quantitative estimate of drug-likeness (QED) is 0.623. The Morgan fingerprint density at radius 1 is 1.23 bits per heavy atom. The minimum Gasteiger partial charge on any atom is -0.493 e. The highest BCUT2D eigenvalue weighted by molar-refractivity contribution is 6.08. The predicted octanol–water partition coefficient (Wildman–Crippen LogP) is 2.62. The minimum atomic E-state index is -0.296. The first-order valence-corrected chi connectivity index (χ1v) is 10.2. The fourth-order valence-electron chi connectivity index (χ4n) is 3.89. The van der Waals surface area contributed by atoms with E-state index in [4.69, 9.17) is 4.74 Å². The third kappa shape index (κ3) is 5.05. The molecule has 1 aliphatic heterocycles. The van der Waals surface area contributed by atoms with E-state index in [2.05, 4.69) is 44.7 Å². The van der Waals surface area contributed by atoms with Crippen molar-refractivity contribution in [1.29, 1.82) is 0 Å². The Balaban J connectivity index is 0.00000272. The average molecular weight is 446 g/mol. The van der Waals surface area contributed by atoms with Crippen molar-refractivity contribution in [1.82, 2.24) is 25.3 Å². The lowest BCUT2D eigenvalue weighted by atomic mass is 10.1. The van der Waals surface area contributed by atoms with Crippen molar-refractivity contribution in [3.8, 4) is 5.75 Å². The van der Waals surface area contributed by atoms with E-state index in [0.29, 0.717) is 35.8 Å². The number of fused-ring (bicyclic) bond motifs is 1. The number of aromatic nitrogens is 4. The van der Waals surface area contributed by atoms with Crippen LogP contribution < -0.4 is 20.3 Å². The highest BCUT2D eigenvalue weighted by Crippen LogP contribution is 2.26. The predicted molar refractivity (Wildman–Crippen MR) is 123 cm³/mol. The van der Waals surface area contributed by atoms with Crippen molar-refractivity contribution in [2.75, 3.05) is 29.9 Å². The van der Waals surface area contributed by atoms with Gasteiger partial charge in [-0.25, -0.2) is 0 Å². The summed E-state index contributed by atoms with van der Waals surface area (Å²) in [5.41, 5.74) is 1.22. The fourth-order valence-corrected chi connectivity index (χ4v) is 3.89. The Morgan fingerprint density at radius 2 is 1.97 bits per heavy atom. The van der Waals surface area contributed by atoms with Crippen molar-refractivity contribution in [3.05, 3.63) is 36.0 Å². The molecular weight excluding hydrogens is 418 g/mol. The molecule has 1 aromatic carbocycles. The molecule has 1 fully saturated rings. The van der Waals surface area contributed by atoms with Crippen molar-refractivity contribution in [2.45, 2.75) is 32.9 Å². The molecule has 2 atom stereocenters. The van der Waals surface area contributed by atoms with E-state index >= 15 is 0 Å². The SMILES string of the molecule is CCOc1cc2nn(C)cc2cc1C(=O)Nc1ccc(N2C[C@@H](C)N[C@@H](C)C2)nn1.Cl. The summed E-state index contributed by atoms with van der Waals surface area (Å²) in [5.74, 6) is 1.40. The zero-order valence-corrected chi connectivity index (χ0v) is 18.9. The molecule has 166 valence electrons. The second-order valence-corrected chi connectivity index (χ2v) is 7.75. The largest absolute Gasteiger partial charge is 0.493 e. The van der Waals surface area contributed by atoms with Gasteiger partial charge in [-0.2, -0.15) is 5.10 Å². The van der Waals surface area contributed by atoms with Gasteiger partial charge in [0.1, 0.15) is 5.75 Å². The van der Waals surface area contributed by atoms with Gasteiger partial charge in [0.25, 0.3) is 5.91 Å². The van der Waals surface area contributed by atoms with E-state index in [1.165, 1.54) is 0 Å². The van der Waals surface area contributed by atoms with Gasteiger partial charge in [-0.05, 0) is 39.0 Å². The van der Waals surface area contributed by atoms with Crippen LogP contribution in [0.5, 0.6) is 5.75 Å². The number of rotatable bonds is 5. The van der Waals surface area contributed by atoms with Crippen LogP contribution in [0.3, 0.4) is 0 Å². The van der Waals surface area contributed by atoms with Gasteiger partial charge in [-0.15, -0.1) is 22.6 Å². The number of amides is 1. The summed E-state index contributed by atoms with van der Waals surface area (Å²) in [6.07, 6.45) is 1.87. The number of carbonyl (C=O) groups excluding carboxylic acids is 1. The maximum Gasteiger partial charge on any atom is 0.260 e. The highest BCUT2D eigenvalue weighted by atomic mass is 35.5. The molecule has 31 heavy (non-hydrogen) atoms. The van der Waals surface area contributed by atoms with Crippen LogP contribution in [-0.2, 0) is 7.05 Å². The Morgan fingerprint density at radius 3 is 2.61 bits per heavy atom. The number of nitrogens with zero attached hydrogens (tertiary/aromatic N) is 5. The summed E-state index contributed by atoms with van der Waals surface area (Å²) in [6.45, 7) is 8.38. The van der Waals surface area contributed by atoms with Gasteiger partial charge in [0.05, 0.1) is 17.7 Å². The van der Waals surface area contributed by atoms with Gasteiger partial charge in [0.2, 0.25) is 0 Å². The molecule has 0 bridgehead atoms. The van der Waals surface area contributed by atoms with Gasteiger partial charge in [0.15, 0.2) is 11.6 Å². The van der Waals surface area contributed by atoms with E-state index in [1.54, 1.807) is 22.9 Å². The standard InChI is InChI=1S/C21H27N7O2.ClH/c1-5-30-18-9-17-15(12-27(4)26-17)8-16(18)21(29)23-19-6-7-20(25-24-19)28-10-13(2)22-14(3)11-28;/h6-9,12-14,22H,5,10-11H2,1-4H3,(H,23,24,29);1H/t13-,14+;.